The fourth-order valence-corrected chi connectivity index (χ4v) is 5.62. The summed E-state index contributed by atoms with van der Waals surface area (Å²) in [5.74, 6) is -0.653. The monoisotopic (exact) mass is 468 g/mol. The van der Waals surface area contributed by atoms with E-state index in [1.807, 2.05) is 24.3 Å². The Labute approximate surface area is 193 Å². The first kappa shape index (κ1) is 22.8. The fourth-order valence-electron chi connectivity index (χ4n) is 3.96. The molecule has 0 N–H and O–H groups in total. The van der Waals surface area contributed by atoms with E-state index >= 15 is 0 Å². The second-order valence-corrected chi connectivity index (χ2v) is 9.81. The lowest BCUT2D eigenvalue weighted by molar-refractivity contribution is -0.130. The third-order valence-electron chi connectivity index (χ3n) is 5.76. The summed E-state index contributed by atoms with van der Waals surface area (Å²) in [6.07, 6.45) is 0.705. The highest BCUT2D eigenvalue weighted by molar-refractivity contribution is 7.93. The molecule has 0 aliphatic carbocycles. The molecular formula is C25H25FN2O4S. The molecule has 0 saturated carbocycles. The summed E-state index contributed by atoms with van der Waals surface area (Å²) in [5, 5.41) is 0. The van der Waals surface area contributed by atoms with Gasteiger partial charge in [-0.15, -0.1) is 0 Å². The van der Waals surface area contributed by atoms with Gasteiger partial charge in [0.05, 0.1) is 12.8 Å². The zero-order chi connectivity index (χ0) is 23.6. The summed E-state index contributed by atoms with van der Waals surface area (Å²) in [6, 6.07) is 17.8. The minimum Gasteiger partial charge on any atom is -0.495 e. The molecule has 0 bridgehead atoms. The lowest BCUT2D eigenvalue weighted by atomic mass is 10.00. The molecule has 1 aliphatic rings. The lowest BCUT2D eigenvalue weighted by Gasteiger charge is -2.32. The van der Waals surface area contributed by atoms with Crippen molar-refractivity contribution < 1.29 is 22.3 Å². The maximum Gasteiger partial charge on any atom is 0.268 e. The van der Waals surface area contributed by atoms with Crippen molar-refractivity contribution in [3.63, 3.8) is 0 Å². The summed E-state index contributed by atoms with van der Waals surface area (Å²) in [5.41, 5.74) is 3.17. The fraction of sp³-hybridized carbons (Fsp3) is 0.240. The molecule has 3 aromatic carbocycles. The van der Waals surface area contributed by atoms with Crippen molar-refractivity contribution in [2.45, 2.75) is 24.8 Å². The number of ether oxygens (including phenoxy) is 1. The predicted octanol–water partition coefficient (Wildman–Crippen LogP) is 3.92. The van der Waals surface area contributed by atoms with E-state index in [-0.39, 0.29) is 22.2 Å². The van der Waals surface area contributed by atoms with E-state index in [1.54, 1.807) is 24.0 Å². The van der Waals surface area contributed by atoms with Crippen LogP contribution in [0.5, 0.6) is 5.75 Å². The summed E-state index contributed by atoms with van der Waals surface area (Å²) < 4.78 is 47.4. The first-order valence-electron chi connectivity index (χ1n) is 10.6. The number of benzene rings is 3. The number of carbonyl (C=O) groups excluding carboxylic acids is 1. The van der Waals surface area contributed by atoms with E-state index in [0.29, 0.717) is 19.5 Å². The maximum atomic E-state index is 13.7. The van der Waals surface area contributed by atoms with Gasteiger partial charge in [0.15, 0.2) is 0 Å². The number of aryl methyl sites for hydroxylation is 1. The normalized spacial score (nSPS) is 13.4. The SMILES string of the molecule is COc1ccc(C)cc1S(=O)(=O)N(CC(=O)N1CCc2ccccc2C1)c1ccc(F)cc1. The van der Waals surface area contributed by atoms with Gasteiger partial charge in [-0.25, -0.2) is 12.8 Å². The number of methoxy groups -OCH3 is 1. The lowest BCUT2D eigenvalue weighted by Crippen LogP contribution is -2.44. The van der Waals surface area contributed by atoms with Crippen molar-refractivity contribution in [2.75, 3.05) is 24.5 Å². The molecule has 172 valence electrons. The summed E-state index contributed by atoms with van der Waals surface area (Å²) in [7, 11) is -2.80. The van der Waals surface area contributed by atoms with Crippen molar-refractivity contribution in [1.82, 2.24) is 4.90 Å². The van der Waals surface area contributed by atoms with Crippen LogP contribution in [0.3, 0.4) is 0 Å². The number of anilines is 1. The van der Waals surface area contributed by atoms with Crippen molar-refractivity contribution in [1.29, 1.82) is 0 Å². The molecule has 1 heterocycles. The number of rotatable bonds is 6. The quantitative estimate of drug-likeness (QED) is 0.550. The van der Waals surface area contributed by atoms with E-state index < -0.39 is 22.4 Å². The van der Waals surface area contributed by atoms with Gasteiger partial charge >= 0.3 is 0 Å². The summed E-state index contributed by atoms with van der Waals surface area (Å²) in [4.78, 5) is 14.9. The van der Waals surface area contributed by atoms with Gasteiger partial charge in [-0.2, -0.15) is 0 Å². The second-order valence-electron chi connectivity index (χ2n) is 7.98. The van der Waals surface area contributed by atoms with E-state index in [1.165, 1.54) is 43.0 Å². The highest BCUT2D eigenvalue weighted by Gasteiger charge is 2.32. The molecule has 3 aromatic rings. The van der Waals surface area contributed by atoms with Gasteiger partial charge in [-0.05, 0) is 66.4 Å². The summed E-state index contributed by atoms with van der Waals surface area (Å²) >= 11 is 0. The van der Waals surface area contributed by atoms with Crippen LogP contribution in [-0.4, -0.2) is 39.4 Å². The summed E-state index contributed by atoms with van der Waals surface area (Å²) in [6.45, 7) is 2.28. The molecule has 0 fully saturated rings. The minimum atomic E-state index is -4.19. The van der Waals surface area contributed by atoms with Crippen LogP contribution in [0.2, 0.25) is 0 Å². The molecule has 0 atom stereocenters. The van der Waals surface area contributed by atoms with E-state index in [2.05, 4.69) is 0 Å². The Balaban J connectivity index is 1.70. The maximum absolute atomic E-state index is 13.7. The second kappa shape index (κ2) is 9.23. The van der Waals surface area contributed by atoms with Crippen molar-refractivity contribution in [3.8, 4) is 5.75 Å². The standard InChI is InChI=1S/C25H25FN2O4S/c1-18-7-12-23(32-2)24(15-18)33(30,31)28(22-10-8-21(26)9-11-22)17-25(29)27-14-13-19-5-3-4-6-20(19)16-27/h3-12,15H,13-14,16-17H2,1-2H3. The van der Waals surface area contributed by atoms with Crippen LogP contribution in [0.1, 0.15) is 16.7 Å². The smallest absolute Gasteiger partial charge is 0.268 e. The number of halogens is 1. The number of amides is 1. The Morgan fingerprint density at radius 2 is 1.76 bits per heavy atom. The zero-order valence-electron chi connectivity index (χ0n) is 18.5. The number of fused-ring (bicyclic) bond motifs is 1. The van der Waals surface area contributed by atoms with Crippen LogP contribution in [-0.2, 0) is 27.8 Å². The predicted molar refractivity (Wildman–Crippen MR) is 124 cm³/mol. The highest BCUT2D eigenvalue weighted by Crippen LogP contribution is 2.31. The van der Waals surface area contributed by atoms with Crippen molar-refractivity contribution in [3.05, 3.63) is 89.2 Å². The van der Waals surface area contributed by atoms with Gasteiger partial charge in [-0.3, -0.25) is 9.10 Å². The molecule has 0 spiro atoms. The van der Waals surface area contributed by atoms with Gasteiger partial charge in [-0.1, -0.05) is 30.3 Å². The molecule has 0 radical (unpaired) electrons. The third kappa shape index (κ3) is 4.71. The van der Waals surface area contributed by atoms with Crippen LogP contribution >= 0.6 is 0 Å². The van der Waals surface area contributed by atoms with Crippen LogP contribution in [0.15, 0.2) is 71.6 Å². The average molecular weight is 469 g/mol. The van der Waals surface area contributed by atoms with Crippen molar-refractivity contribution >= 4 is 21.6 Å². The van der Waals surface area contributed by atoms with Crippen LogP contribution in [0, 0.1) is 12.7 Å². The Kier molecular flexibility index (Phi) is 6.37. The Hall–Kier alpha value is -3.39. The number of sulfonamides is 1. The van der Waals surface area contributed by atoms with Gasteiger partial charge in [0.1, 0.15) is 23.0 Å². The first-order valence-corrected chi connectivity index (χ1v) is 12.0. The molecule has 4 rings (SSSR count). The topological polar surface area (TPSA) is 66.9 Å². The molecular weight excluding hydrogens is 443 g/mol. The third-order valence-corrected chi connectivity index (χ3v) is 7.56. The van der Waals surface area contributed by atoms with Gasteiger partial charge in [0.2, 0.25) is 5.91 Å². The van der Waals surface area contributed by atoms with Gasteiger partial charge < -0.3 is 9.64 Å². The zero-order valence-corrected chi connectivity index (χ0v) is 19.3. The van der Waals surface area contributed by atoms with Crippen LogP contribution in [0.4, 0.5) is 10.1 Å². The van der Waals surface area contributed by atoms with Crippen LogP contribution < -0.4 is 9.04 Å². The molecule has 0 unspecified atom stereocenters. The molecule has 0 aromatic heterocycles. The van der Waals surface area contributed by atoms with E-state index in [4.69, 9.17) is 4.74 Å². The molecule has 6 nitrogen and oxygen atoms in total. The van der Waals surface area contributed by atoms with Gasteiger partial charge in [0.25, 0.3) is 10.0 Å². The van der Waals surface area contributed by atoms with E-state index in [9.17, 15) is 17.6 Å². The van der Waals surface area contributed by atoms with Gasteiger partial charge in [0, 0.05) is 13.1 Å². The molecule has 1 aliphatic heterocycles. The highest BCUT2D eigenvalue weighted by atomic mass is 32.2. The Morgan fingerprint density at radius 3 is 2.45 bits per heavy atom. The number of carbonyl (C=O) groups is 1. The Bertz CT molecular complexity index is 1280. The molecule has 0 saturated heterocycles. The Morgan fingerprint density at radius 1 is 1.06 bits per heavy atom. The molecule has 1 amide bonds. The number of hydrogen-bond donors (Lipinski definition) is 0. The minimum absolute atomic E-state index is 0.0499. The van der Waals surface area contributed by atoms with Crippen LogP contribution in [0.25, 0.3) is 0 Å². The number of hydrogen-bond acceptors (Lipinski definition) is 4. The molecule has 33 heavy (non-hydrogen) atoms. The van der Waals surface area contributed by atoms with E-state index in [0.717, 1.165) is 15.4 Å². The average Bonchev–Trinajstić information content (AvgIpc) is 2.82. The number of nitrogens with zero attached hydrogens (tertiary/aromatic N) is 2. The van der Waals surface area contributed by atoms with Crippen molar-refractivity contribution in [2.24, 2.45) is 0 Å². The molecule has 8 heteroatoms. The largest absolute Gasteiger partial charge is 0.495 e. The first-order chi connectivity index (χ1) is 15.8.